The van der Waals surface area contributed by atoms with Crippen molar-refractivity contribution in [2.75, 3.05) is 6.54 Å². The van der Waals surface area contributed by atoms with Crippen molar-refractivity contribution >= 4 is 12.0 Å². The van der Waals surface area contributed by atoms with E-state index in [2.05, 4.69) is 10.6 Å². The van der Waals surface area contributed by atoms with E-state index in [1.54, 1.807) is 0 Å². The SMILES string of the molecule is Cc1ccccc1COC(=O)N[C@H]1CNC1=O. The van der Waals surface area contributed by atoms with Crippen molar-refractivity contribution in [1.29, 1.82) is 0 Å². The molecule has 2 amide bonds. The van der Waals surface area contributed by atoms with Crippen LogP contribution in [-0.2, 0) is 16.1 Å². The van der Waals surface area contributed by atoms with Crippen LogP contribution < -0.4 is 10.6 Å². The summed E-state index contributed by atoms with van der Waals surface area (Å²) in [4.78, 5) is 22.3. The van der Waals surface area contributed by atoms with Gasteiger partial charge < -0.3 is 15.4 Å². The third-order valence-corrected chi connectivity index (χ3v) is 2.71. The summed E-state index contributed by atoms with van der Waals surface area (Å²) in [5, 5.41) is 5.02. The van der Waals surface area contributed by atoms with Gasteiger partial charge in [0.15, 0.2) is 0 Å². The average molecular weight is 234 g/mol. The largest absolute Gasteiger partial charge is 0.445 e. The molecule has 17 heavy (non-hydrogen) atoms. The Balaban J connectivity index is 1.80. The number of nitrogens with one attached hydrogen (secondary N) is 2. The van der Waals surface area contributed by atoms with E-state index in [0.717, 1.165) is 11.1 Å². The predicted octanol–water partition coefficient (Wildman–Crippen LogP) is 0.720. The van der Waals surface area contributed by atoms with Gasteiger partial charge in [0.2, 0.25) is 5.91 Å². The second-order valence-corrected chi connectivity index (χ2v) is 3.94. The number of carbonyl (C=O) groups is 2. The summed E-state index contributed by atoms with van der Waals surface area (Å²) in [7, 11) is 0. The number of alkyl carbamates (subject to hydrolysis) is 1. The molecule has 1 aliphatic heterocycles. The maximum atomic E-state index is 11.4. The van der Waals surface area contributed by atoms with Crippen LogP contribution in [0, 0.1) is 6.92 Å². The number of amides is 2. The Morgan fingerprint density at radius 2 is 2.29 bits per heavy atom. The molecule has 0 unspecified atom stereocenters. The molecular formula is C12H14N2O3. The van der Waals surface area contributed by atoms with E-state index in [-0.39, 0.29) is 12.5 Å². The van der Waals surface area contributed by atoms with Crippen LogP contribution in [0.5, 0.6) is 0 Å². The summed E-state index contributed by atoms with van der Waals surface area (Å²) in [6, 6.07) is 7.23. The maximum absolute atomic E-state index is 11.4. The van der Waals surface area contributed by atoms with Gasteiger partial charge in [0.1, 0.15) is 12.6 Å². The standard InChI is InChI=1S/C12H14N2O3/c1-8-4-2-3-5-9(8)7-17-12(16)14-10-6-13-11(10)15/h2-5,10H,6-7H2,1H3,(H,13,15)(H,14,16)/t10-/m0/s1. The van der Waals surface area contributed by atoms with E-state index in [0.29, 0.717) is 6.54 Å². The zero-order chi connectivity index (χ0) is 12.3. The van der Waals surface area contributed by atoms with E-state index in [1.807, 2.05) is 31.2 Å². The first kappa shape index (κ1) is 11.4. The molecule has 1 aromatic rings. The van der Waals surface area contributed by atoms with E-state index in [4.69, 9.17) is 4.74 Å². The fourth-order valence-corrected chi connectivity index (χ4v) is 1.50. The van der Waals surface area contributed by atoms with Crippen LogP contribution in [0.15, 0.2) is 24.3 Å². The lowest BCUT2D eigenvalue weighted by Gasteiger charge is -2.26. The van der Waals surface area contributed by atoms with Gasteiger partial charge in [-0.25, -0.2) is 4.79 Å². The molecule has 1 saturated heterocycles. The van der Waals surface area contributed by atoms with Crippen LogP contribution in [0.3, 0.4) is 0 Å². The molecule has 1 fully saturated rings. The van der Waals surface area contributed by atoms with Crippen molar-refractivity contribution in [3.8, 4) is 0 Å². The van der Waals surface area contributed by atoms with Crippen molar-refractivity contribution in [3.63, 3.8) is 0 Å². The number of β-lactam (4-membered cyclic amide) rings is 1. The molecule has 0 aromatic heterocycles. The predicted molar refractivity (Wildman–Crippen MR) is 61.3 cm³/mol. The number of carbonyl (C=O) groups excluding carboxylic acids is 2. The van der Waals surface area contributed by atoms with Crippen LogP contribution in [0.2, 0.25) is 0 Å². The number of rotatable bonds is 3. The Hall–Kier alpha value is -2.04. The molecule has 1 heterocycles. The number of hydrogen-bond acceptors (Lipinski definition) is 3. The first-order valence-electron chi connectivity index (χ1n) is 5.42. The Morgan fingerprint density at radius 3 is 2.88 bits per heavy atom. The first-order valence-corrected chi connectivity index (χ1v) is 5.42. The normalized spacial score (nSPS) is 17.9. The fraction of sp³-hybridized carbons (Fsp3) is 0.333. The van der Waals surface area contributed by atoms with E-state index < -0.39 is 12.1 Å². The average Bonchev–Trinajstić information content (AvgIpc) is 2.33. The molecule has 0 bridgehead atoms. The maximum Gasteiger partial charge on any atom is 0.408 e. The minimum atomic E-state index is -0.562. The monoisotopic (exact) mass is 234 g/mol. The van der Waals surface area contributed by atoms with Crippen molar-refractivity contribution in [1.82, 2.24) is 10.6 Å². The van der Waals surface area contributed by atoms with Gasteiger partial charge in [0.05, 0.1) is 0 Å². The third kappa shape index (κ3) is 2.75. The molecule has 0 radical (unpaired) electrons. The summed E-state index contributed by atoms with van der Waals surface area (Å²) in [6.45, 7) is 2.64. The highest BCUT2D eigenvalue weighted by Gasteiger charge is 2.29. The molecule has 0 aliphatic carbocycles. The molecule has 90 valence electrons. The Bertz CT molecular complexity index is 445. The van der Waals surface area contributed by atoms with Gasteiger partial charge in [-0.1, -0.05) is 24.3 Å². The smallest absolute Gasteiger partial charge is 0.408 e. The molecular weight excluding hydrogens is 220 g/mol. The van der Waals surface area contributed by atoms with Crippen LogP contribution in [0.25, 0.3) is 0 Å². The summed E-state index contributed by atoms with van der Waals surface area (Å²) in [5.41, 5.74) is 2.03. The highest BCUT2D eigenvalue weighted by atomic mass is 16.5. The molecule has 5 heteroatoms. The van der Waals surface area contributed by atoms with Crippen LogP contribution >= 0.6 is 0 Å². The van der Waals surface area contributed by atoms with E-state index >= 15 is 0 Å². The van der Waals surface area contributed by atoms with E-state index in [9.17, 15) is 9.59 Å². The van der Waals surface area contributed by atoms with Gasteiger partial charge >= 0.3 is 6.09 Å². The van der Waals surface area contributed by atoms with Crippen molar-refractivity contribution < 1.29 is 14.3 Å². The van der Waals surface area contributed by atoms with Crippen LogP contribution in [0.1, 0.15) is 11.1 Å². The number of benzene rings is 1. The fourth-order valence-electron chi connectivity index (χ4n) is 1.50. The third-order valence-electron chi connectivity index (χ3n) is 2.71. The Labute approximate surface area is 99.2 Å². The van der Waals surface area contributed by atoms with Crippen LogP contribution in [-0.4, -0.2) is 24.6 Å². The molecule has 2 N–H and O–H groups in total. The van der Waals surface area contributed by atoms with Crippen molar-refractivity contribution in [3.05, 3.63) is 35.4 Å². The number of ether oxygens (including phenoxy) is 1. The zero-order valence-corrected chi connectivity index (χ0v) is 9.53. The van der Waals surface area contributed by atoms with Crippen molar-refractivity contribution in [2.24, 2.45) is 0 Å². The molecule has 1 aliphatic rings. The van der Waals surface area contributed by atoms with E-state index in [1.165, 1.54) is 0 Å². The highest BCUT2D eigenvalue weighted by Crippen LogP contribution is 2.08. The molecule has 0 saturated carbocycles. The zero-order valence-electron chi connectivity index (χ0n) is 9.53. The van der Waals surface area contributed by atoms with Gasteiger partial charge in [-0.3, -0.25) is 4.79 Å². The molecule has 0 spiro atoms. The number of aryl methyl sites for hydroxylation is 1. The summed E-state index contributed by atoms with van der Waals surface area (Å²) in [5.74, 6) is -0.169. The van der Waals surface area contributed by atoms with Gasteiger partial charge in [-0.05, 0) is 18.1 Å². The lowest BCUT2D eigenvalue weighted by molar-refractivity contribution is -0.128. The second-order valence-electron chi connectivity index (χ2n) is 3.94. The lowest BCUT2D eigenvalue weighted by atomic mass is 10.1. The van der Waals surface area contributed by atoms with Gasteiger partial charge in [0.25, 0.3) is 0 Å². The minimum absolute atomic E-state index is 0.169. The topological polar surface area (TPSA) is 67.4 Å². The Kier molecular flexibility index (Phi) is 3.27. The molecule has 1 aromatic carbocycles. The quantitative estimate of drug-likeness (QED) is 0.757. The molecule has 5 nitrogen and oxygen atoms in total. The highest BCUT2D eigenvalue weighted by molar-refractivity contribution is 5.90. The summed E-state index contributed by atoms with van der Waals surface area (Å²) in [6.07, 6.45) is -0.562. The van der Waals surface area contributed by atoms with Gasteiger partial charge in [-0.15, -0.1) is 0 Å². The van der Waals surface area contributed by atoms with Gasteiger partial charge in [-0.2, -0.15) is 0 Å². The Morgan fingerprint density at radius 1 is 1.53 bits per heavy atom. The second kappa shape index (κ2) is 4.86. The summed E-state index contributed by atoms with van der Waals surface area (Å²) >= 11 is 0. The van der Waals surface area contributed by atoms with Gasteiger partial charge in [0, 0.05) is 6.54 Å². The molecule has 2 rings (SSSR count). The van der Waals surface area contributed by atoms with Crippen molar-refractivity contribution in [2.45, 2.75) is 19.6 Å². The lowest BCUT2D eigenvalue weighted by Crippen LogP contribution is -2.61. The minimum Gasteiger partial charge on any atom is -0.445 e. The first-order chi connectivity index (χ1) is 8.16. The van der Waals surface area contributed by atoms with Crippen LogP contribution in [0.4, 0.5) is 4.79 Å². The summed E-state index contributed by atoms with van der Waals surface area (Å²) < 4.78 is 5.03. The molecule has 1 atom stereocenters. The number of hydrogen-bond donors (Lipinski definition) is 2.